The van der Waals surface area contributed by atoms with Gasteiger partial charge in [-0.25, -0.2) is 0 Å². The van der Waals surface area contributed by atoms with E-state index in [1.54, 1.807) is 4.68 Å². The highest BCUT2D eigenvalue weighted by Gasteiger charge is 2.29. The van der Waals surface area contributed by atoms with Crippen LogP contribution in [-0.2, 0) is 13.5 Å². The molecule has 2 heterocycles. The molecule has 1 aliphatic rings. The Morgan fingerprint density at radius 2 is 2.29 bits per heavy atom. The van der Waals surface area contributed by atoms with E-state index in [9.17, 15) is 4.79 Å². The number of carbonyl (C=O) groups excluding carboxylic acids is 1. The van der Waals surface area contributed by atoms with Crippen molar-refractivity contribution in [2.45, 2.75) is 26.3 Å². The van der Waals surface area contributed by atoms with E-state index in [4.69, 9.17) is 0 Å². The van der Waals surface area contributed by atoms with E-state index in [1.807, 2.05) is 31.9 Å². The molecule has 0 saturated carbocycles. The molecule has 1 fully saturated rings. The van der Waals surface area contributed by atoms with Crippen LogP contribution in [0.5, 0.6) is 0 Å². The van der Waals surface area contributed by atoms with Gasteiger partial charge in [0.2, 0.25) is 0 Å². The predicted molar refractivity (Wildman–Crippen MR) is 66.0 cm³/mol. The molecule has 0 spiro atoms. The van der Waals surface area contributed by atoms with Crippen LogP contribution in [0, 0.1) is 0 Å². The van der Waals surface area contributed by atoms with Gasteiger partial charge in [-0.05, 0) is 19.4 Å². The summed E-state index contributed by atoms with van der Waals surface area (Å²) < 4.78 is 1.69. The predicted octanol–water partition coefficient (Wildman–Crippen LogP) is 0.416. The van der Waals surface area contributed by atoms with E-state index >= 15 is 0 Å². The van der Waals surface area contributed by atoms with Crippen LogP contribution in [0.1, 0.15) is 30.0 Å². The molecule has 0 unspecified atom stereocenters. The molecule has 1 saturated heterocycles. The van der Waals surface area contributed by atoms with E-state index in [2.05, 4.69) is 10.4 Å². The zero-order valence-corrected chi connectivity index (χ0v) is 10.7. The second-order valence-corrected chi connectivity index (χ2v) is 4.40. The Labute approximate surface area is 102 Å². The third-order valence-electron chi connectivity index (χ3n) is 3.31. The van der Waals surface area contributed by atoms with Gasteiger partial charge in [-0.1, -0.05) is 6.92 Å². The summed E-state index contributed by atoms with van der Waals surface area (Å²) in [6.45, 7) is 6.62. The lowest BCUT2D eigenvalue weighted by Gasteiger charge is -2.37. The van der Waals surface area contributed by atoms with E-state index in [-0.39, 0.29) is 5.91 Å². The maximum absolute atomic E-state index is 12.4. The number of likely N-dealkylation sites (N-methyl/N-ethyl adjacent to an activating group) is 1. The van der Waals surface area contributed by atoms with E-state index in [0.717, 1.165) is 31.7 Å². The number of amides is 1. The van der Waals surface area contributed by atoms with Crippen molar-refractivity contribution >= 4 is 5.91 Å². The van der Waals surface area contributed by atoms with Crippen molar-refractivity contribution in [3.63, 3.8) is 0 Å². The van der Waals surface area contributed by atoms with Gasteiger partial charge in [0.05, 0.1) is 11.7 Å². The molecule has 1 aliphatic heterocycles. The first-order valence-corrected chi connectivity index (χ1v) is 6.22. The molecule has 94 valence electrons. The maximum Gasteiger partial charge on any atom is 0.272 e. The second-order valence-electron chi connectivity index (χ2n) is 4.40. The van der Waals surface area contributed by atoms with Crippen molar-refractivity contribution in [2.75, 3.05) is 19.6 Å². The highest BCUT2D eigenvalue weighted by Crippen LogP contribution is 2.12. The largest absolute Gasteiger partial charge is 0.332 e. The van der Waals surface area contributed by atoms with Gasteiger partial charge in [0, 0.05) is 26.7 Å². The Balaban J connectivity index is 2.18. The van der Waals surface area contributed by atoms with Crippen LogP contribution in [-0.4, -0.2) is 46.3 Å². The van der Waals surface area contributed by atoms with Crippen LogP contribution in [0.25, 0.3) is 0 Å². The number of hydrogen-bond acceptors (Lipinski definition) is 3. The molecule has 1 aromatic rings. The van der Waals surface area contributed by atoms with E-state index in [1.165, 1.54) is 0 Å². The summed E-state index contributed by atoms with van der Waals surface area (Å²) in [5, 5.41) is 7.52. The maximum atomic E-state index is 12.4. The number of hydrogen-bond donors (Lipinski definition) is 1. The Bertz CT molecular complexity index is 409. The molecule has 1 amide bonds. The van der Waals surface area contributed by atoms with Gasteiger partial charge in [0.1, 0.15) is 5.69 Å². The summed E-state index contributed by atoms with van der Waals surface area (Å²) in [5.74, 6) is 0.0914. The molecule has 0 aliphatic carbocycles. The zero-order chi connectivity index (χ0) is 12.4. The van der Waals surface area contributed by atoms with Gasteiger partial charge in [-0.15, -0.1) is 0 Å². The first-order valence-electron chi connectivity index (χ1n) is 6.22. The highest BCUT2D eigenvalue weighted by atomic mass is 16.2. The van der Waals surface area contributed by atoms with Crippen LogP contribution in [0.2, 0.25) is 0 Å². The average molecular weight is 236 g/mol. The van der Waals surface area contributed by atoms with Gasteiger partial charge >= 0.3 is 0 Å². The van der Waals surface area contributed by atoms with Crippen molar-refractivity contribution in [3.05, 3.63) is 17.5 Å². The van der Waals surface area contributed by atoms with E-state index in [0.29, 0.717) is 11.7 Å². The first-order chi connectivity index (χ1) is 8.17. The lowest BCUT2D eigenvalue weighted by atomic mass is 10.1. The normalized spacial score (nSPS) is 15.7. The molecule has 0 radical (unpaired) electrons. The van der Waals surface area contributed by atoms with Gasteiger partial charge in [-0.2, -0.15) is 5.10 Å². The molecule has 0 atom stereocenters. The molecule has 2 rings (SSSR count). The van der Waals surface area contributed by atoms with Crippen LogP contribution in [0.3, 0.4) is 0 Å². The van der Waals surface area contributed by atoms with Crippen molar-refractivity contribution in [1.29, 1.82) is 0 Å². The SMILES string of the molecule is CCc1cc(C(=O)N(CC)C2CNC2)n(C)n1. The Kier molecular flexibility index (Phi) is 3.47. The van der Waals surface area contributed by atoms with Crippen LogP contribution in [0.15, 0.2) is 6.07 Å². The lowest BCUT2D eigenvalue weighted by Crippen LogP contribution is -2.58. The molecule has 1 N–H and O–H groups in total. The Hall–Kier alpha value is -1.36. The topological polar surface area (TPSA) is 50.2 Å². The molecule has 1 aromatic heterocycles. The first kappa shape index (κ1) is 12.1. The minimum atomic E-state index is 0.0914. The molecular weight excluding hydrogens is 216 g/mol. The molecule has 0 aromatic carbocycles. The summed E-state index contributed by atoms with van der Waals surface area (Å²) in [6.07, 6.45) is 0.859. The lowest BCUT2D eigenvalue weighted by molar-refractivity contribution is 0.0619. The number of carbonyl (C=O) groups is 1. The number of nitrogens with zero attached hydrogens (tertiary/aromatic N) is 3. The van der Waals surface area contributed by atoms with Gasteiger partial charge in [0.25, 0.3) is 5.91 Å². The summed E-state index contributed by atoms with van der Waals surface area (Å²) in [6, 6.07) is 2.24. The molecule has 17 heavy (non-hydrogen) atoms. The van der Waals surface area contributed by atoms with Gasteiger partial charge in [-0.3, -0.25) is 9.48 Å². The number of nitrogens with one attached hydrogen (secondary N) is 1. The number of aromatic nitrogens is 2. The molecular formula is C12H20N4O. The molecule has 0 bridgehead atoms. The fraction of sp³-hybridized carbons (Fsp3) is 0.667. The fourth-order valence-electron chi connectivity index (χ4n) is 2.11. The fourth-order valence-corrected chi connectivity index (χ4v) is 2.11. The van der Waals surface area contributed by atoms with Crippen molar-refractivity contribution in [1.82, 2.24) is 20.0 Å². The summed E-state index contributed by atoms with van der Waals surface area (Å²) >= 11 is 0. The summed E-state index contributed by atoms with van der Waals surface area (Å²) in [7, 11) is 1.83. The summed E-state index contributed by atoms with van der Waals surface area (Å²) in [5.41, 5.74) is 1.66. The average Bonchev–Trinajstić information content (AvgIpc) is 2.63. The van der Waals surface area contributed by atoms with Crippen LogP contribution in [0.4, 0.5) is 0 Å². The smallest absolute Gasteiger partial charge is 0.272 e. The Morgan fingerprint density at radius 1 is 1.59 bits per heavy atom. The van der Waals surface area contributed by atoms with Crippen LogP contribution >= 0.6 is 0 Å². The number of rotatable bonds is 4. The summed E-state index contributed by atoms with van der Waals surface area (Å²) in [4.78, 5) is 14.3. The van der Waals surface area contributed by atoms with Gasteiger partial charge in [0.15, 0.2) is 0 Å². The van der Waals surface area contributed by atoms with Crippen molar-refractivity contribution in [3.8, 4) is 0 Å². The number of aryl methyl sites for hydroxylation is 2. The molecule has 5 heteroatoms. The second kappa shape index (κ2) is 4.87. The zero-order valence-electron chi connectivity index (χ0n) is 10.7. The highest BCUT2D eigenvalue weighted by molar-refractivity contribution is 5.93. The quantitative estimate of drug-likeness (QED) is 0.824. The van der Waals surface area contributed by atoms with Crippen molar-refractivity contribution < 1.29 is 4.79 Å². The van der Waals surface area contributed by atoms with Crippen LogP contribution < -0.4 is 5.32 Å². The third-order valence-corrected chi connectivity index (χ3v) is 3.31. The monoisotopic (exact) mass is 236 g/mol. The third kappa shape index (κ3) is 2.20. The van der Waals surface area contributed by atoms with Gasteiger partial charge < -0.3 is 10.2 Å². The molecule has 5 nitrogen and oxygen atoms in total. The minimum Gasteiger partial charge on any atom is -0.332 e. The standard InChI is InChI=1S/C12H20N4O/c1-4-9-6-11(15(3)14-9)12(17)16(5-2)10-7-13-8-10/h6,10,13H,4-5,7-8H2,1-3H3. The Morgan fingerprint density at radius 3 is 2.71 bits per heavy atom. The van der Waals surface area contributed by atoms with E-state index < -0.39 is 0 Å². The van der Waals surface area contributed by atoms with Crippen molar-refractivity contribution in [2.24, 2.45) is 7.05 Å². The minimum absolute atomic E-state index is 0.0914.